The molecule has 1 aliphatic rings. The van der Waals surface area contributed by atoms with Crippen LogP contribution < -0.4 is 5.32 Å². The van der Waals surface area contributed by atoms with Gasteiger partial charge in [0.05, 0.1) is 0 Å². The molecule has 1 rings (SSSR count). The molecular weight excluding hydrogens is 196 g/mol. The van der Waals surface area contributed by atoms with Gasteiger partial charge in [0.15, 0.2) is 0 Å². The van der Waals surface area contributed by atoms with Crippen molar-refractivity contribution in [3.05, 3.63) is 0 Å². The highest BCUT2D eigenvalue weighted by Crippen LogP contribution is 2.17. The highest BCUT2D eigenvalue weighted by Gasteiger charge is 2.23. The maximum Gasteiger partial charge on any atom is 0.00966 e. The van der Waals surface area contributed by atoms with E-state index in [0.717, 1.165) is 11.8 Å². The van der Waals surface area contributed by atoms with Gasteiger partial charge in [-0.2, -0.15) is 0 Å². The molecule has 1 heterocycles. The summed E-state index contributed by atoms with van der Waals surface area (Å²) in [6.45, 7) is 16.5. The molecule has 0 aromatic heterocycles. The van der Waals surface area contributed by atoms with Gasteiger partial charge in [0, 0.05) is 12.1 Å². The van der Waals surface area contributed by atoms with E-state index in [1.54, 1.807) is 0 Å². The normalized spacial score (nSPS) is 23.2. The Hall–Kier alpha value is -0.0800. The molecule has 16 heavy (non-hydrogen) atoms. The van der Waals surface area contributed by atoms with Gasteiger partial charge in [-0.15, -0.1) is 0 Å². The molecule has 1 atom stereocenters. The van der Waals surface area contributed by atoms with E-state index in [1.165, 1.54) is 39.0 Å². The van der Waals surface area contributed by atoms with Crippen LogP contribution in [0.25, 0.3) is 0 Å². The van der Waals surface area contributed by atoms with Crippen molar-refractivity contribution >= 4 is 0 Å². The standard InChI is InChI=1S/C14H30N2/c1-12(2)6-8-16-9-7-13(11-16)10-15-14(3,4)5/h12-13,15H,6-11H2,1-5H3. The van der Waals surface area contributed by atoms with Gasteiger partial charge in [-0.25, -0.2) is 0 Å². The van der Waals surface area contributed by atoms with Gasteiger partial charge in [-0.3, -0.25) is 0 Å². The van der Waals surface area contributed by atoms with Crippen molar-refractivity contribution in [1.82, 2.24) is 10.2 Å². The Bertz CT molecular complexity index is 193. The van der Waals surface area contributed by atoms with Gasteiger partial charge in [-0.1, -0.05) is 13.8 Å². The fourth-order valence-corrected chi connectivity index (χ4v) is 2.17. The SMILES string of the molecule is CC(C)CCN1CCC(CNC(C)(C)C)C1. The van der Waals surface area contributed by atoms with Crippen LogP contribution in [0.2, 0.25) is 0 Å². The Kier molecular flexibility index (Phi) is 5.26. The molecule has 1 unspecified atom stereocenters. The zero-order chi connectivity index (χ0) is 12.2. The Morgan fingerprint density at radius 2 is 2.00 bits per heavy atom. The molecule has 2 nitrogen and oxygen atoms in total. The fraction of sp³-hybridized carbons (Fsp3) is 1.00. The summed E-state index contributed by atoms with van der Waals surface area (Å²) in [5.74, 6) is 1.71. The predicted octanol–water partition coefficient (Wildman–Crippen LogP) is 2.74. The van der Waals surface area contributed by atoms with Crippen molar-refractivity contribution in [2.45, 2.75) is 53.0 Å². The summed E-state index contributed by atoms with van der Waals surface area (Å²) in [6, 6.07) is 0. The number of hydrogen-bond donors (Lipinski definition) is 1. The van der Waals surface area contributed by atoms with Crippen LogP contribution in [0, 0.1) is 11.8 Å². The van der Waals surface area contributed by atoms with Crippen LogP contribution >= 0.6 is 0 Å². The van der Waals surface area contributed by atoms with Gasteiger partial charge in [-0.05, 0) is 65.1 Å². The first-order valence-corrected chi connectivity index (χ1v) is 6.84. The quantitative estimate of drug-likeness (QED) is 0.775. The lowest BCUT2D eigenvalue weighted by atomic mass is 10.1. The second-order valence-corrected chi connectivity index (χ2v) is 6.77. The van der Waals surface area contributed by atoms with E-state index in [9.17, 15) is 0 Å². The van der Waals surface area contributed by atoms with Crippen LogP contribution in [0.5, 0.6) is 0 Å². The van der Waals surface area contributed by atoms with E-state index in [0.29, 0.717) is 0 Å². The molecule has 0 spiro atoms. The van der Waals surface area contributed by atoms with Crippen molar-refractivity contribution < 1.29 is 0 Å². The van der Waals surface area contributed by atoms with Gasteiger partial charge >= 0.3 is 0 Å². The van der Waals surface area contributed by atoms with Crippen molar-refractivity contribution in [2.75, 3.05) is 26.2 Å². The summed E-state index contributed by atoms with van der Waals surface area (Å²) < 4.78 is 0. The van der Waals surface area contributed by atoms with Gasteiger partial charge < -0.3 is 10.2 Å². The summed E-state index contributed by atoms with van der Waals surface area (Å²) >= 11 is 0. The summed E-state index contributed by atoms with van der Waals surface area (Å²) in [4.78, 5) is 2.63. The minimum Gasteiger partial charge on any atom is -0.312 e. The molecule has 0 radical (unpaired) electrons. The van der Waals surface area contributed by atoms with Crippen molar-refractivity contribution in [1.29, 1.82) is 0 Å². The molecule has 2 heteroatoms. The zero-order valence-corrected chi connectivity index (χ0v) is 11.8. The van der Waals surface area contributed by atoms with Gasteiger partial charge in [0.1, 0.15) is 0 Å². The average Bonchev–Trinajstić information content (AvgIpc) is 2.58. The smallest absolute Gasteiger partial charge is 0.00966 e. The van der Waals surface area contributed by atoms with Crippen molar-refractivity contribution in [3.8, 4) is 0 Å². The third kappa shape index (κ3) is 5.86. The first-order chi connectivity index (χ1) is 7.37. The lowest BCUT2D eigenvalue weighted by molar-refractivity contribution is 0.294. The number of nitrogens with one attached hydrogen (secondary N) is 1. The highest BCUT2D eigenvalue weighted by atomic mass is 15.1. The first-order valence-electron chi connectivity index (χ1n) is 6.84. The molecule has 0 saturated carbocycles. The molecule has 96 valence electrons. The molecule has 0 aliphatic carbocycles. The molecule has 0 aromatic carbocycles. The third-order valence-electron chi connectivity index (χ3n) is 3.31. The number of rotatable bonds is 5. The zero-order valence-electron chi connectivity index (χ0n) is 11.8. The van der Waals surface area contributed by atoms with Crippen molar-refractivity contribution in [2.24, 2.45) is 11.8 Å². The molecule has 1 aliphatic heterocycles. The monoisotopic (exact) mass is 226 g/mol. The number of hydrogen-bond acceptors (Lipinski definition) is 2. The minimum absolute atomic E-state index is 0.269. The Morgan fingerprint density at radius 1 is 1.31 bits per heavy atom. The van der Waals surface area contributed by atoms with E-state index >= 15 is 0 Å². The molecular formula is C14H30N2. The average molecular weight is 226 g/mol. The van der Waals surface area contributed by atoms with Gasteiger partial charge in [0.25, 0.3) is 0 Å². The third-order valence-corrected chi connectivity index (χ3v) is 3.31. The lowest BCUT2D eigenvalue weighted by Gasteiger charge is -2.23. The van der Waals surface area contributed by atoms with E-state index in [2.05, 4.69) is 44.8 Å². The maximum absolute atomic E-state index is 3.62. The van der Waals surface area contributed by atoms with Crippen LogP contribution in [0.4, 0.5) is 0 Å². The van der Waals surface area contributed by atoms with E-state index in [4.69, 9.17) is 0 Å². The Balaban J connectivity index is 2.15. The largest absolute Gasteiger partial charge is 0.312 e. The van der Waals surface area contributed by atoms with Crippen LogP contribution in [0.1, 0.15) is 47.5 Å². The summed E-state index contributed by atoms with van der Waals surface area (Å²) in [5.41, 5.74) is 0.269. The van der Waals surface area contributed by atoms with Gasteiger partial charge in [0.2, 0.25) is 0 Å². The first kappa shape index (κ1) is 14.0. The highest BCUT2D eigenvalue weighted by molar-refractivity contribution is 4.80. The van der Waals surface area contributed by atoms with E-state index in [1.807, 2.05) is 0 Å². The molecule has 1 saturated heterocycles. The van der Waals surface area contributed by atoms with Crippen LogP contribution in [0.3, 0.4) is 0 Å². The second-order valence-electron chi connectivity index (χ2n) is 6.77. The summed E-state index contributed by atoms with van der Waals surface area (Å²) in [6.07, 6.45) is 2.72. The Labute approximate surface area is 102 Å². The summed E-state index contributed by atoms with van der Waals surface area (Å²) in [5, 5.41) is 3.62. The number of likely N-dealkylation sites (tertiary alicyclic amines) is 1. The van der Waals surface area contributed by atoms with Crippen LogP contribution in [0.15, 0.2) is 0 Å². The topological polar surface area (TPSA) is 15.3 Å². The Morgan fingerprint density at radius 3 is 2.56 bits per heavy atom. The predicted molar refractivity (Wildman–Crippen MR) is 71.8 cm³/mol. The van der Waals surface area contributed by atoms with Crippen LogP contribution in [-0.2, 0) is 0 Å². The van der Waals surface area contributed by atoms with E-state index in [-0.39, 0.29) is 5.54 Å². The molecule has 0 amide bonds. The number of nitrogens with zero attached hydrogens (tertiary/aromatic N) is 1. The molecule has 0 aromatic rings. The van der Waals surface area contributed by atoms with E-state index < -0.39 is 0 Å². The summed E-state index contributed by atoms with van der Waals surface area (Å²) in [7, 11) is 0. The minimum atomic E-state index is 0.269. The molecule has 1 N–H and O–H groups in total. The lowest BCUT2D eigenvalue weighted by Crippen LogP contribution is -2.39. The maximum atomic E-state index is 3.62. The second kappa shape index (κ2) is 6.02. The molecule has 1 fully saturated rings. The van der Waals surface area contributed by atoms with Crippen LogP contribution in [-0.4, -0.2) is 36.6 Å². The van der Waals surface area contributed by atoms with Crippen molar-refractivity contribution in [3.63, 3.8) is 0 Å². The molecule has 0 bridgehead atoms. The fourth-order valence-electron chi connectivity index (χ4n) is 2.17.